The van der Waals surface area contributed by atoms with E-state index in [1.54, 1.807) is 24.3 Å². The van der Waals surface area contributed by atoms with Crippen molar-refractivity contribution in [3.63, 3.8) is 0 Å². The lowest BCUT2D eigenvalue weighted by Crippen LogP contribution is -2.51. The van der Waals surface area contributed by atoms with Gasteiger partial charge in [0, 0.05) is 7.05 Å². The molecular weight excluding hydrogens is 315 g/mol. The van der Waals surface area contributed by atoms with E-state index in [-0.39, 0.29) is 19.0 Å². The molecule has 0 saturated carbocycles. The monoisotopic (exact) mass is 331 g/mol. The summed E-state index contributed by atoms with van der Waals surface area (Å²) in [6.07, 6.45) is -5.31. The van der Waals surface area contributed by atoms with Gasteiger partial charge in [-0.15, -0.1) is 0 Å². The third-order valence-electron chi connectivity index (χ3n) is 3.22. The zero-order valence-electron chi connectivity index (χ0n) is 12.3. The number of para-hydroxylation sites is 2. The van der Waals surface area contributed by atoms with Gasteiger partial charge >= 0.3 is 6.18 Å². The van der Waals surface area contributed by atoms with E-state index in [0.29, 0.717) is 11.4 Å². The number of carbonyl (C=O) groups excluding carboxylic acids is 2. The molecule has 126 valence electrons. The number of benzene rings is 1. The van der Waals surface area contributed by atoms with Crippen molar-refractivity contribution in [2.24, 2.45) is 0 Å². The van der Waals surface area contributed by atoms with Crippen LogP contribution in [0.3, 0.4) is 0 Å². The van der Waals surface area contributed by atoms with Gasteiger partial charge in [0.15, 0.2) is 6.10 Å². The first kappa shape index (κ1) is 16.9. The predicted molar refractivity (Wildman–Crippen MR) is 76.2 cm³/mol. The van der Waals surface area contributed by atoms with Crippen LogP contribution in [0.5, 0.6) is 5.75 Å². The highest BCUT2D eigenvalue weighted by Crippen LogP contribution is 2.32. The number of amides is 2. The van der Waals surface area contributed by atoms with Gasteiger partial charge in [-0.3, -0.25) is 9.59 Å². The quantitative estimate of drug-likeness (QED) is 0.851. The van der Waals surface area contributed by atoms with Gasteiger partial charge in [0.2, 0.25) is 5.91 Å². The molecule has 0 bridgehead atoms. The first-order valence-corrected chi connectivity index (χ1v) is 6.86. The van der Waals surface area contributed by atoms with E-state index in [1.807, 2.05) is 5.32 Å². The van der Waals surface area contributed by atoms with E-state index in [0.717, 1.165) is 0 Å². The second-order valence-corrected chi connectivity index (χ2v) is 4.96. The van der Waals surface area contributed by atoms with Crippen LogP contribution in [-0.2, 0) is 9.59 Å². The minimum Gasteiger partial charge on any atom is -0.477 e. The fourth-order valence-corrected chi connectivity index (χ4v) is 2.18. The number of hydrogen-bond acceptors (Lipinski definition) is 4. The molecule has 0 radical (unpaired) electrons. The number of alkyl halides is 3. The fraction of sp³-hybridized carbons (Fsp3) is 0.429. The van der Waals surface area contributed by atoms with E-state index in [2.05, 4.69) is 5.32 Å². The van der Waals surface area contributed by atoms with Gasteiger partial charge in [0.1, 0.15) is 12.3 Å². The number of halogens is 3. The topological polar surface area (TPSA) is 70.7 Å². The molecule has 0 aromatic heterocycles. The molecule has 6 nitrogen and oxygen atoms in total. The summed E-state index contributed by atoms with van der Waals surface area (Å²) in [4.78, 5) is 25.0. The number of ether oxygens (including phenoxy) is 1. The minimum absolute atomic E-state index is 0.0656. The van der Waals surface area contributed by atoms with E-state index in [1.165, 1.54) is 11.9 Å². The van der Waals surface area contributed by atoms with Crippen molar-refractivity contribution in [2.75, 3.05) is 31.6 Å². The molecule has 9 heteroatoms. The summed E-state index contributed by atoms with van der Waals surface area (Å²) in [5.41, 5.74) is 0.551. The van der Waals surface area contributed by atoms with Crippen LogP contribution in [0.15, 0.2) is 24.3 Å². The molecule has 1 heterocycles. The Labute approximate surface area is 130 Å². The normalized spacial score (nSPS) is 17.0. The summed E-state index contributed by atoms with van der Waals surface area (Å²) in [5.74, 6) is -0.758. The van der Waals surface area contributed by atoms with Crippen LogP contribution in [0.2, 0.25) is 0 Å². The Bertz CT molecular complexity index is 592. The van der Waals surface area contributed by atoms with Crippen LogP contribution in [0, 0.1) is 0 Å². The second kappa shape index (κ2) is 6.76. The molecule has 23 heavy (non-hydrogen) atoms. The van der Waals surface area contributed by atoms with Crippen LogP contribution >= 0.6 is 0 Å². The van der Waals surface area contributed by atoms with Gasteiger partial charge in [-0.1, -0.05) is 12.1 Å². The van der Waals surface area contributed by atoms with Gasteiger partial charge in [-0.25, -0.2) is 0 Å². The molecule has 1 aliphatic rings. The third kappa shape index (κ3) is 4.51. The average Bonchev–Trinajstić information content (AvgIpc) is 2.51. The highest BCUT2D eigenvalue weighted by Gasteiger charge is 2.32. The van der Waals surface area contributed by atoms with E-state index in [4.69, 9.17) is 4.74 Å². The Morgan fingerprint density at radius 2 is 2.04 bits per heavy atom. The maximum Gasteiger partial charge on any atom is 0.405 e. The molecule has 0 fully saturated rings. The zero-order chi connectivity index (χ0) is 17.0. The van der Waals surface area contributed by atoms with Crippen molar-refractivity contribution in [3.05, 3.63) is 24.3 Å². The molecule has 1 aromatic rings. The van der Waals surface area contributed by atoms with E-state index < -0.39 is 24.7 Å². The zero-order valence-corrected chi connectivity index (χ0v) is 12.3. The first-order chi connectivity index (χ1) is 10.8. The molecule has 2 rings (SSSR count). The van der Waals surface area contributed by atoms with Gasteiger partial charge in [0.25, 0.3) is 5.91 Å². The Hall–Kier alpha value is -2.45. The largest absolute Gasteiger partial charge is 0.477 e. The number of nitrogens with zero attached hydrogens (tertiary/aromatic N) is 1. The van der Waals surface area contributed by atoms with Crippen molar-refractivity contribution < 1.29 is 27.5 Å². The maximum atomic E-state index is 12.1. The number of nitrogens with one attached hydrogen (secondary N) is 2. The van der Waals surface area contributed by atoms with E-state index in [9.17, 15) is 22.8 Å². The predicted octanol–water partition coefficient (Wildman–Crippen LogP) is 0.678. The van der Waals surface area contributed by atoms with Gasteiger partial charge in [-0.2, -0.15) is 13.2 Å². The second-order valence-electron chi connectivity index (χ2n) is 4.96. The van der Waals surface area contributed by atoms with E-state index >= 15 is 0 Å². The maximum absolute atomic E-state index is 12.1. The summed E-state index contributed by atoms with van der Waals surface area (Å²) >= 11 is 0. The molecule has 0 saturated heterocycles. The molecule has 1 atom stereocenters. The SMILES string of the molecule is CNC(=O)[C@@H]1CN(CC(=O)NCC(F)(F)F)c2ccccc2O1. The molecule has 1 aromatic carbocycles. The lowest BCUT2D eigenvalue weighted by atomic mass is 10.1. The van der Waals surface area contributed by atoms with Crippen molar-refractivity contribution in [1.29, 1.82) is 0 Å². The highest BCUT2D eigenvalue weighted by molar-refractivity contribution is 5.86. The highest BCUT2D eigenvalue weighted by atomic mass is 19.4. The van der Waals surface area contributed by atoms with Crippen molar-refractivity contribution in [2.45, 2.75) is 12.3 Å². The Balaban J connectivity index is 2.10. The van der Waals surface area contributed by atoms with Crippen LogP contribution in [-0.4, -0.2) is 50.8 Å². The van der Waals surface area contributed by atoms with Crippen molar-refractivity contribution >= 4 is 17.5 Å². The molecule has 0 spiro atoms. The smallest absolute Gasteiger partial charge is 0.405 e. The number of rotatable bonds is 4. The summed E-state index contributed by atoms with van der Waals surface area (Å²) in [6, 6.07) is 6.72. The summed E-state index contributed by atoms with van der Waals surface area (Å²) in [5, 5.41) is 4.26. The van der Waals surface area contributed by atoms with Gasteiger partial charge in [-0.05, 0) is 12.1 Å². The lowest BCUT2D eigenvalue weighted by Gasteiger charge is -2.35. The molecule has 1 aliphatic heterocycles. The van der Waals surface area contributed by atoms with Crippen LogP contribution in [0.1, 0.15) is 0 Å². The Morgan fingerprint density at radius 1 is 1.35 bits per heavy atom. The van der Waals surface area contributed by atoms with Crippen LogP contribution in [0.4, 0.5) is 18.9 Å². The van der Waals surface area contributed by atoms with Crippen molar-refractivity contribution in [1.82, 2.24) is 10.6 Å². The average molecular weight is 331 g/mol. The molecule has 0 unspecified atom stereocenters. The summed E-state index contributed by atoms with van der Waals surface area (Å²) < 4.78 is 42.0. The third-order valence-corrected chi connectivity index (χ3v) is 3.22. The summed E-state index contributed by atoms with van der Waals surface area (Å²) in [7, 11) is 1.45. The number of hydrogen-bond donors (Lipinski definition) is 2. The van der Waals surface area contributed by atoms with Crippen LogP contribution < -0.4 is 20.3 Å². The first-order valence-electron chi connectivity index (χ1n) is 6.86. The van der Waals surface area contributed by atoms with Gasteiger partial charge in [0.05, 0.1) is 18.8 Å². The summed E-state index contributed by atoms with van der Waals surface area (Å²) in [6.45, 7) is -1.63. The Kier molecular flexibility index (Phi) is 4.97. The Morgan fingerprint density at radius 3 is 2.70 bits per heavy atom. The number of likely N-dealkylation sites (N-methyl/N-ethyl adjacent to an activating group) is 1. The minimum atomic E-state index is -4.47. The van der Waals surface area contributed by atoms with Crippen molar-refractivity contribution in [3.8, 4) is 5.75 Å². The lowest BCUT2D eigenvalue weighted by molar-refractivity contribution is -0.137. The fourth-order valence-electron chi connectivity index (χ4n) is 2.18. The molecular formula is C14H16F3N3O3. The standard InChI is InChI=1S/C14H16F3N3O3/c1-18-13(22)11-6-20(7-12(21)19-8-14(15,16)17)9-4-2-3-5-10(9)23-11/h2-5,11H,6-8H2,1H3,(H,18,22)(H,19,21)/t11-/m0/s1. The molecule has 2 amide bonds. The molecule has 2 N–H and O–H groups in total. The van der Waals surface area contributed by atoms with Crippen LogP contribution in [0.25, 0.3) is 0 Å². The van der Waals surface area contributed by atoms with Gasteiger partial charge < -0.3 is 20.3 Å². The number of fused-ring (bicyclic) bond motifs is 1. The molecule has 0 aliphatic carbocycles. The number of anilines is 1. The number of carbonyl (C=O) groups is 2.